The molecule has 0 saturated carbocycles. The van der Waals surface area contributed by atoms with Gasteiger partial charge in [0, 0.05) is 5.56 Å². The zero-order valence-corrected chi connectivity index (χ0v) is 18.6. The number of nitrogens with zero attached hydrogens (tertiary/aromatic N) is 6. The Bertz CT molecular complexity index is 1420. The number of fused-ring (bicyclic) bond motifs is 2. The number of aryl methyl sites for hydroxylation is 2. The molecule has 2 N–H and O–H groups in total. The van der Waals surface area contributed by atoms with Gasteiger partial charge in [0.05, 0.1) is 34.4 Å². The maximum absolute atomic E-state index is 6.06. The number of anilines is 1. The maximum atomic E-state index is 6.06. The van der Waals surface area contributed by atoms with E-state index < -0.39 is 0 Å². The number of rotatable bonds is 3. The molecular weight excluding hydrogens is 489 g/mol. The number of benzene rings is 2. The first-order chi connectivity index (χ1) is 14.5. The van der Waals surface area contributed by atoms with Gasteiger partial charge in [0.25, 0.3) is 0 Å². The number of para-hydroxylation sites is 1. The van der Waals surface area contributed by atoms with Gasteiger partial charge in [-0.15, -0.1) is 0 Å². The molecular formula is C22H18IN7. The van der Waals surface area contributed by atoms with Gasteiger partial charge in [0.1, 0.15) is 15.8 Å². The lowest BCUT2D eigenvalue weighted by atomic mass is 10.0. The highest BCUT2D eigenvalue weighted by Gasteiger charge is 2.18. The zero-order chi connectivity index (χ0) is 20.8. The van der Waals surface area contributed by atoms with Crippen molar-refractivity contribution in [3.63, 3.8) is 0 Å². The molecule has 0 aliphatic carbocycles. The predicted octanol–water partition coefficient (Wildman–Crippen LogP) is 4.29. The van der Waals surface area contributed by atoms with E-state index in [9.17, 15) is 0 Å². The summed E-state index contributed by atoms with van der Waals surface area (Å²) >= 11 is 2.16. The van der Waals surface area contributed by atoms with Gasteiger partial charge < -0.3 is 5.73 Å². The van der Waals surface area contributed by atoms with E-state index in [0.29, 0.717) is 18.0 Å². The molecule has 30 heavy (non-hydrogen) atoms. The van der Waals surface area contributed by atoms with Gasteiger partial charge in [-0.05, 0) is 53.6 Å². The van der Waals surface area contributed by atoms with E-state index in [-0.39, 0.29) is 0 Å². The first-order valence-corrected chi connectivity index (χ1v) is 10.6. The van der Waals surface area contributed by atoms with Crippen LogP contribution in [0.25, 0.3) is 33.3 Å². The molecule has 0 unspecified atom stereocenters. The molecule has 5 rings (SSSR count). The van der Waals surface area contributed by atoms with Gasteiger partial charge in [-0.25, -0.2) is 24.6 Å². The van der Waals surface area contributed by atoms with Crippen LogP contribution in [0.5, 0.6) is 0 Å². The topological polar surface area (TPSA) is 95.4 Å². The quantitative estimate of drug-likeness (QED) is 0.366. The lowest BCUT2D eigenvalue weighted by Gasteiger charge is -2.13. The highest BCUT2D eigenvalue weighted by molar-refractivity contribution is 14.1. The number of hydrogen-bond donors (Lipinski definition) is 1. The van der Waals surface area contributed by atoms with E-state index in [1.54, 1.807) is 0 Å². The van der Waals surface area contributed by atoms with Gasteiger partial charge >= 0.3 is 0 Å². The van der Waals surface area contributed by atoms with Crippen LogP contribution in [0.2, 0.25) is 0 Å². The molecule has 0 radical (unpaired) electrons. The van der Waals surface area contributed by atoms with Crippen LogP contribution in [0.3, 0.4) is 0 Å². The average Bonchev–Trinajstić information content (AvgIpc) is 3.05. The highest BCUT2D eigenvalue weighted by atomic mass is 127. The molecule has 5 aromatic rings. The van der Waals surface area contributed by atoms with Gasteiger partial charge in [-0.2, -0.15) is 5.10 Å². The molecule has 0 fully saturated rings. The van der Waals surface area contributed by atoms with Crippen molar-refractivity contribution in [3.05, 3.63) is 69.3 Å². The molecule has 0 saturated heterocycles. The van der Waals surface area contributed by atoms with Gasteiger partial charge in [-0.1, -0.05) is 36.4 Å². The molecule has 0 bridgehead atoms. The monoisotopic (exact) mass is 507 g/mol. The first-order valence-electron chi connectivity index (χ1n) is 9.47. The minimum absolute atomic E-state index is 0.426. The number of hydrogen-bond acceptors (Lipinski definition) is 6. The molecule has 8 heteroatoms. The van der Waals surface area contributed by atoms with Crippen molar-refractivity contribution in [3.8, 4) is 11.3 Å². The second-order valence-electron chi connectivity index (χ2n) is 7.18. The third kappa shape index (κ3) is 3.07. The largest absolute Gasteiger partial charge is 0.383 e. The molecule has 2 aromatic carbocycles. The van der Waals surface area contributed by atoms with E-state index in [1.165, 1.54) is 6.33 Å². The van der Waals surface area contributed by atoms with Crippen molar-refractivity contribution in [2.45, 2.75) is 20.4 Å². The van der Waals surface area contributed by atoms with Crippen LogP contribution in [0, 0.1) is 17.5 Å². The summed E-state index contributed by atoms with van der Waals surface area (Å²) in [6.45, 7) is 4.56. The fourth-order valence-corrected chi connectivity index (χ4v) is 4.43. The average molecular weight is 507 g/mol. The highest BCUT2D eigenvalue weighted by Crippen LogP contribution is 2.29. The van der Waals surface area contributed by atoms with Crippen LogP contribution < -0.4 is 5.73 Å². The summed E-state index contributed by atoms with van der Waals surface area (Å²) < 4.78 is 2.59. The van der Waals surface area contributed by atoms with E-state index in [1.807, 2.05) is 28.9 Å². The van der Waals surface area contributed by atoms with E-state index in [2.05, 4.69) is 69.7 Å². The summed E-state index contributed by atoms with van der Waals surface area (Å²) in [5.41, 5.74) is 13.5. The van der Waals surface area contributed by atoms with Crippen molar-refractivity contribution >= 4 is 50.5 Å². The summed E-state index contributed by atoms with van der Waals surface area (Å²) in [5, 5.41) is 5.42. The minimum atomic E-state index is 0.426. The molecule has 0 aliphatic rings. The van der Waals surface area contributed by atoms with Crippen LogP contribution in [-0.2, 0) is 6.54 Å². The standard InChI is InChI=1S/C22H18IN7/c1-12-6-3-4-8-14(12)19-16(28-18-13(2)7-5-9-15(18)27-19)10-30-22-17(20(23)29-30)21(24)25-11-26-22/h3-9,11H,10H2,1-2H3,(H2,24,25,26). The summed E-state index contributed by atoms with van der Waals surface area (Å²) in [5.74, 6) is 0.426. The van der Waals surface area contributed by atoms with Gasteiger partial charge in [0.2, 0.25) is 0 Å². The lowest BCUT2D eigenvalue weighted by molar-refractivity contribution is 0.684. The second-order valence-corrected chi connectivity index (χ2v) is 8.20. The Morgan fingerprint density at radius 2 is 1.77 bits per heavy atom. The number of nitrogen functional groups attached to an aromatic ring is 1. The first kappa shape index (κ1) is 18.9. The van der Waals surface area contributed by atoms with Gasteiger partial charge in [0.15, 0.2) is 5.65 Å². The Morgan fingerprint density at radius 3 is 2.60 bits per heavy atom. The SMILES string of the molecule is Cc1ccccc1-c1nc2cccc(C)c2nc1Cn1nc(I)c2c(N)ncnc21. The van der Waals surface area contributed by atoms with Crippen molar-refractivity contribution in [1.82, 2.24) is 29.7 Å². The predicted molar refractivity (Wildman–Crippen MR) is 126 cm³/mol. The molecule has 148 valence electrons. The molecule has 3 aromatic heterocycles. The molecule has 0 atom stereocenters. The van der Waals surface area contributed by atoms with Crippen molar-refractivity contribution in [2.75, 3.05) is 5.73 Å². The third-order valence-corrected chi connectivity index (χ3v) is 5.94. The molecule has 3 heterocycles. The van der Waals surface area contributed by atoms with E-state index in [4.69, 9.17) is 15.7 Å². The Hall–Kier alpha value is -3.14. The Kier molecular flexibility index (Phi) is 4.58. The van der Waals surface area contributed by atoms with E-state index in [0.717, 1.165) is 48.2 Å². The van der Waals surface area contributed by atoms with E-state index >= 15 is 0 Å². The van der Waals surface area contributed by atoms with Crippen LogP contribution in [0.15, 0.2) is 48.8 Å². The molecule has 0 spiro atoms. The number of aromatic nitrogens is 6. The van der Waals surface area contributed by atoms with Crippen LogP contribution in [0.1, 0.15) is 16.8 Å². The number of nitrogens with two attached hydrogens (primary N) is 1. The Morgan fingerprint density at radius 1 is 0.967 bits per heavy atom. The van der Waals surface area contributed by atoms with Crippen molar-refractivity contribution in [1.29, 1.82) is 0 Å². The summed E-state index contributed by atoms with van der Waals surface area (Å²) in [6, 6.07) is 14.3. The Labute approximate surface area is 186 Å². The fraction of sp³-hybridized carbons (Fsp3) is 0.136. The summed E-state index contributed by atoms with van der Waals surface area (Å²) in [7, 11) is 0. The van der Waals surface area contributed by atoms with Crippen LogP contribution in [0.4, 0.5) is 5.82 Å². The van der Waals surface area contributed by atoms with Crippen molar-refractivity contribution in [2.24, 2.45) is 0 Å². The zero-order valence-electron chi connectivity index (χ0n) is 16.5. The Balaban J connectivity index is 1.76. The van der Waals surface area contributed by atoms with Crippen molar-refractivity contribution < 1.29 is 0 Å². The minimum Gasteiger partial charge on any atom is -0.383 e. The maximum Gasteiger partial charge on any atom is 0.164 e. The van der Waals surface area contributed by atoms with Gasteiger partial charge in [-0.3, -0.25) is 0 Å². The fourth-order valence-electron chi connectivity index (χ4n) is 3.66. The second kappa shape index (κ2) is 7.28. The molecule has 7 nitrogen and oxygen atoms in total. The molecule has 0 amide bonds. The summed E-state index contributed by atoms with van der Waals surface area (Å²) in [4.78, 5) is 18.5. The third-order valence-electron chi connectivity index (χ3n) is 5.18. The van der Waals surface area contributed by atoms with Crippen LogP contribution >= 0.6 is 22.6 Å². The lowest BCUT2D eigenvalue weighted by Crippen LogP contribution is -2.09. The normalized spacial score (nSPS) is 11.4. The number of halogens is 1. The summed E-state index contributed by atoms with van der Waals surface area (Å²) in [6.07, 6.45) is 1.46. The molecule has 0 aliphatic heterocycles. The van der Waals surface area contributed by atoms with Crippen LogP contribution in [-0.4, -0.2) is 29.7 Å². The smallest absolute Gasteiger partial charge is 0.164 e.